The lowest BCUT2D eigenvalue weighted by atomic mass is 9.96. The first kappa shape index (κ1) is 21.6. The molecule has 2 fully saturated rings. The molecule has 146 valence electrons. The molecule has 0 bridgehead atoms. The summed E-state index contributed by atoms with van der Waals surface area (Å²) in [5, 5.41) is 4.53. The summed E-state index contributed by atoms with van der Waals surface area (Å²) in [6.07, 6.45) is 4.90. The summed E-state index contributed by atoms with van der Waals surface area (Å²) >= 11 is 12.0. The summed E-state index contributed by atoms with van der Waals surface area (Å²) in [6.45, 7) is 4.49. The molecule has 2 saturated heterocycles. The van der Waals surface area contributed by atoms with Crippen LogP contribution in [-0.4, -0.2) is 43.6 Å². The third-order valence-corrected chi connectivity index (χ3v) is 5.65. The Morgan fingerprint density at radius 1 is 1.12 bits per heavy atom. The van der Waals surface area contributed by atoms with Gasteiger partial charge in [-0.1, -0.05) is 23.2 Å². The van der Waals surface area contributed by atoms with Crippen LogP contribution in [0.4, 0.5) is 0 Å². The Labute approximate surface area is 172 Å². The number of amides is 1. The van der Waals surface area contributed by atoms with Crippen LogP contribution < -0.4 is 10.1 Å². The maximum atomic E-state index is 12.4. The Morgan fingerprint density at radius 3 is 2.42 bits per heavy atom. The van der Waals surface area contributed by atoms with E-state index in [1.807, 2.05) is 4.90 Å². The fourth-order valence-electron chi connectivity index (χ4n) is 3.62. The van der Waals surface area contributed by atoms with E-state index in [2.05, 4.69) is 5.32 Å². The van der Waals surface area contributed by atoms with Crippen LogP contribution in [0.1, 0.15) is 32.1 Å². The predicted octanol–water partition coefficient (Wildman–Crippen LogP) is 4.42. The number of hydrogen-bond donors (Lipinski definition) is 1. The van der Waals surface area contributed by atoms with E-state index in [9.17, 15) is 4.79 Å². The van der Waals surface area contributed by atoms with Crippen LogP contribution >= 0.6 is 35.6 Å². The van der Waals surface area contributed by atoms with Crippen molar-refractivity contribution in [1.29, 1.82) is 0 Å². The molecule has 0 spiro atoms. The predicted molar refractivity (Wildman–Crippen MR) is 109 cm³/mol. The molecule has 1 N–H and O–H groups in total. The number of nitrogens with one attached hydrogen (secondary N) is 1. The molecular weight excluding hydrogens is 395 g/mol. The highest BCUT2D eigenvalue weighted by Gasteiger charge is 2.24. The van der Waals surface area contributed by atoms with Crippen LogP contribution in [-0.2, 0) is 4.79 Å². The van der Waals surface area contributed by atoms with Gasteiger partial charge < -0.3 is 15.0 Å². The third-order valence-electron chi connectivity index (χ3n) is 5.22. The lowest BCUT2D eigenvalue weighted by Gasteiger charge is -2.32. The van der Waals surface area contributed by atoms with Gasteiger partial charge in [0.15, 0.2) is 0 Å². The summed E-state index contributed by atoms with van der Waals surface area (Å²) in [5.41, 5.74) is 0. The molecule has 4 nitrogen and oxygen atoms in total. The molecule has 0 aliphatic carbocycles. The minimum absolute atomic E-state index is 0. The first-order valence-electron chi connectivity index (χ1n) is 9.17. The van der Waals surface area contributed by atoms with Gasteiger partial charge in [-0.15, -0.1) is 12.4 Å². The number of likely N-dealkylation sites (tertiary alicyclic amines) is 1. The summed E-state index contributed by atoms with van der Waals surface area (Å²) in [7, 11) is 0. The fraction of sp³-hybridized carbons (Fsp3) is 0.632. The van der Waals surface area contributed by atoms with Crippen molar-refractivity contribution in [3.8, 4) is 5.75 Å². The summed E-state index contributed by atoms with van der Waals surface area (Å²) in [6, 6.07) is 5.26. The van der Waals surface area contributed by atoms with E-state index in [-0.39, 0.29) is 12.4 Å². The molecule has 1 unspecified atom stereocenters. The van der Waals surface area contributed by atoms with Crippen LogP contribution in [0.25, 0.3) is 0 Å². The molecule has 1 amide bonds. The SMILES string of the molecule is Cl.O=C(CCC1CCNC1)N1CCC(COc2cc(Cl)cc(Cl)c2)CC1. The van der Waals surface area contributed by atoms with Crippen molar-refractivity contribution in [3.05, 3.63) is 28.2 Å². The van der Waals surface area contributed by atoms with Gasteiger partial charge in [-0.05, 0) is 68.8 Å². The summed E-state index contributed by atoms with van der Waals surface area (Å²) < 4.78 is 5.84. The van der Waals surface area contributed by atoms with Crippen LogP contribution in [0.2, 0.25) is 10.0 Å². The van der Waals surface area contributed by atoms with E-state index >= 15 is 0 Å². The number of piperidine rings is 1. The van der Waals surface area contributed by atoms with Crippen molar-refractivity contribution in [2.75, 3.05) is 32.8 Å². The van der Waals surface area contributed by atoms with Crippen molar-refractivity contribution in [3.63, 3.8) is 0 Å². The average Bonchev–Trinajstić information content (AvgIpc) is 3.11. The quantitative estimate of drug-likeness (QED) is 0.739. The van der Waals surface area contributed by atoms with Crippen molar-refractivity contribution >= 4 is 41.5 Å². The molecule has 7 heteroatoms. The standard InChI is InChI=1S/C19H26Cl2N2O2.ClH/c20-16-9-17(21)11-18(10-16)25-13-15-4-7-23(8-5-15)19(24)2-1-14-3-6-22-12-14;/h9-11,14-15,22H,1-8,12-13H2;1H. The van der Waals surface area contributed by atoms with Crippen LogP contribution in [0, 0.1) is 11.8 Å². The van der Waals surface area contributed by atoms with Gasteiger partial charge in [-0.2, -0.15) is 0 Å². The van der Waals surface area contributed by atoms with Gasteiger partial charge in [0.25, 0.3) is 0 Å². The largest absolute Gasteiger partial charge is 0.493 e. The monoisotopic (exact) mass is 420 g/mol. The molecule has 0 saturated carbocycles. The number of hydrogen-bond acceptors (Lipinski definition) is 3. The molecule has 0 aromatic heterocycles. The van der Waals surface area contributed by atoms with Gasteiger partial charge in [0, 0.05) is 29.6 Å². The van der Waals surface area contributed by atoms with Crippen LogP contribution in [0.3, 0.4) is 0 Å². The molecule has 1 atom stereocenters. The van der Waals surface area contributed by atoms with Crippen molar-refractivity contribution < 1.29 is 9.53 Å². The molecule has 2 aliphatic heterocycles. The van der Waals surface area contributed by atoms with Gasteiger partial charge in [0.05, 0.1) is 6.61 Å². The Morgan fingerprint density at radius 2 is 1.81 bits per heavy atom. The van der Waals surface area contributed by atoms with E-state index in [0.29, 0.717) is 46.6 Å². The first-order chi connectivity index (χ1) is 12.1. The Balaban J connectivity index is 0.00000243. The van der Waals surface area contributed by atoms with Crippen LogP contribution in [0.5, 0.6) is 5.75 Å². The molecule has 2 heterocycles. The molecule has 2 aliphatic rings. The van der Waals surface area contributed by atoms with E-state index in [4.69, 9.17) is 27.9 Å². The molecule has 26 heavy (non-hydrogen) atoms. The van der Waals surface area contributed by atoms with Gasteiger partial charge in [-0.3, -0.25) is 4.79 Å². The van der Waals surface area contributed by atoms with E-state index in [0.717, 1.165) is 45.4 Å². The fourth-order valence-corrected chi connectivity index (χ4v) is 4.13. The second-order valence-electron chi connectivity index (χ2n) is 7.14. The van der Waals surface area contributed by atoms with Gasteiger partial charge in [-0.25, -0.2) is 0 Å². The maximum absolute atomic E-state index is 12.4. The average molecular weight is 422 g/mol. The number of halogens is 3. The minimum Gasteiger partial charge on any atom is -0.493 e. The lowest BCUT2D eigenvalue weighted by molar-refractivity contribution is -0.133. The summed E-state index contributed by atoms with van der Waals surface area (Å²) in [5.74, 6) is 2.18. The molecule has 1 aromatic rings. The van der Waals surface area contributed by atoms with Crippen molar-refractivity contribution in [1.82, 2.24) is 10.2 Å². The first-order valence-corrected chi connectivity index (χ1v) is 9.93. The Hall–Kier alpha value is -0.680. The van der Waals surface area contributed by atoms with Gasteiger partial charge in [0.2, 0.25) is 5.91 Å². The summed E-state index contributed by atoms with van der Waals surface area (Å²) in [4.78, 5) is 14.4. The molecule has 0 radical (unpaired) electrons. The minimum atomic E-state index is 0. The second-order valence-corrected chi connectivity index (χ2v) is 8.01. The molecule has 3 rings (SSSR count). The number of nitrogens with zero attached hydrogens (tertiary/aromatic N) is 1. The van der Waals surface area contributed by atoms with E-state index < -0.39 is 0 Å². The smallest absolute Gasteiger partial charge is 0.222 e. The highest BCUT2D eigenvalue weighted by Crippen LogP contribution is 2.26. The molecular formula is C19H27Cl3N2O2. The van der Waals surface area contributed by atoms with E-state index in [1.54, 1.807) is 18.2 Å². The maximum Gasteiger partial charge on any atom is 0.222 e. The highest BCUT2D eigenvalue weighted by molar-refractivity contribution is 6.34. The zero-order valence-corrected chi connectivity index (χ0v) is 17.2. The lowest BCUT2D eigenvalue weighted by Crippen LogP contribution is -2.39. The van der Waals surface area contributed by atoms with Gasteiger partial charge >= 0.3 is 0 Å². The number of carbonyl (C=O) groups excluding carboxylic acids is 1. The van der Waals surface area contributed by atoms with E-state index in [1.165, 1.54) is 6.42 Å². The van der Waals surface area contributed by atoms with Crippen molar-refractivity contribution in [2.24, 2.45) is 11.8 Å². The number of rotatable bonds is 6. The number of ether oxygens (including phenoxy) is 1. The molecule has 1 aromatic carbocycles. The topological polar surface area (TPSA) is 41.6 Å². The number of carbonyl (C=O) groups is 1. The normalized spacial score (nSPS) is 20.7. The van der Waals surface area contributed by atoms with Gasteiger partial charge in [0.1, 0.15) is 5.75 Å². The second kappa shape index (κ2) is 10.6. The number of benzene rings is 1. The van der Waals surface area contributed by atoms with Crippen molar-refractivity contribution in [2.45, 2.75) is 32.1 Å². The van der Waals surface area contributed by atoms with Crippen LogP contribution in [0.15, 0.2) is 18.2 Å². The third kappa shape index (κ3) is 6.49. The Bertz CT molecular complexity index is 566. The highest BCUT2D eigenvalue weighted by atomic mass is 35.5. The Kier molecular flexibility index (Phi) is 8.82. The zero-order chi connectivity index (χ0) is 17.6. The zero-order valence-electron chi connectivity index (χ0n) is 14.9.